The minimum atomic E-state index is -0.169. The number of aromatic nitrogens is 4. The summed E-state index contributed by atoms with van der Waals surface area (Å²) in [5.74, 6) is -0.0197. The van der Waals surface area contributed by atoms with Crippen LogP contribution in [0.3, 0.4) is 0 Å². The molecule has 0 unspecified atom stereocenters. The molecule has 1 aliphatic rings. The van der Waals surface area contributed by atoms with E-state index in [4.69, 9.17) is 11.6 Å². The summed E-state index contributed by atoms with van der Waals surface area (Å²) in [5.41, 5.74) is 4.83. The lowest BCUT2D eigenvalue weighted by atomic mass is 10.0. The number of amides is 1. The number of piperidine rings is 1. The number of pyridine rings is 1. The van der Waals surface area contributed by atoms with Gasteiger partial charge < -0.3 is 14.9 Å². The lowest BCUT2D eigenvalue weighted by Gasteiger charge is -2.33. The Morgan fingerprint density at radius 2 is 1.76 bits per heavy atom. The van der Waals surface area contributed by atoms with Crippen LogP contribution in [0.5, 0.6) is 0 Å². The number of nitrogens with one attached hydrogen (secondary N) is 2. The van der Waals surface area contributed by atoms with Crippen molar-refractivity contribution in [1.29, 1.82) is 0 Å². The van der Waals surface area contributed by atoms with Crippen LogP contribution < -0.4 is 5.69 Å². The summed E-state index contributed by atoms with van der Waals surface area (Å²) in [6.45, 7) is 1.16. The minimum absolute atomic E-state index is 0.0197. The fraction of sp³-hybridized carbons (Fsp3) is 0.192. The van der Waals surface area contributed by atoms with E-state index < -0.39 is 0 Å². The molecule has 0 saturated carbocycles. The number of aromatic amines is 2. The van der Waals surface area contributed by atoms with E-state index in [0.717, 1.165) is 40.5 Å². The van der Waals surface area contributed by atoms with Crippen molar-refractivity contribution in [2.24, 2.45) is 0 Å². The number of imidazole rings is 1. The van der Waals surface area contributed by atoms with Crippen LogP contribution >= 0.6 is 11.6 Å². The van der Waals surface area contributed by atoms with Crippen LogP contribution in [0.4, 0.5) is 0 Å². The fourth-order valence-corrected chi connectivity index (χ4v) is 5.08. The molecule has 2 aromatic carbocycles. The number of H-pyrrole nitrogens is 2. The molecular formula is C26H22ClN5O2. The van der Waals surface area contributed by atoms with Crippen molar-refractivity contribution >= 4 is 39.6 Å². The number of halogens is 1. The second kappa shape index (κ2) is 8.18. The van der Waals surface area contributed by atoms with Crippen LogP contribution in [0, 0.1) is 0 Å². The predicted octanol–water partition coefficient (Wildman–Crippen LogP) is 5.00. The van der Waals surface area contributed by atoms with Crippen LogP contribution in [0.2, 0.25) is 5.02 Å². The Hall–Kier alpha value is -3.84. The van der Waals surface area contributed by atoms with Gasteiger partial charge in [-0.05, 0) is 54.3 Å². The maximum Gasteiger partial charge on any atom is 0.326 e. The van der Waals surface area contributed by atoms with Gasteiger partial charge in [-0.1, -0.05) is 35.9 Å². The normalized spacial score (nSPS) is 16.4. The van der Waals surface area contributed by atoms with Crippen molar-refractivity contribution in [3.8, 4) is 11.1 Å². The van der Waals surface area contributed by atoms with Gasteiger partial charge in [0.1, 0.15) is 5.65 Å². The second-order valence-corrected chi connectivity index (χ2v) is 9.13. The van der Waals surface area contributed by atoms with Gasteiger partial charge in [-0.2, -0.15) is 0 Å². The number of carbonyl (C=O) groups excluding carboxylic acids is 1. The maximum atomic E-state index is 13.3. The van der Waals surface area contributed by atoms with Gasteiger partial charge in [0.05, 0.1) is 23.3 Å². The van der Waals surface area contributed by atoms with Gasteiger partial charge in [0.25, 0.3) is 5.91 Å². The maximum absolute atomic E-state index is 13.3. The molecule has 0 aliphatic carbocycles. The second-order valence-electron chi connectivity index (χ2n) is 8.69. The molecule has 8 heteroatoms. The lowest BCUT2D eigenvalue weighted by Crippen LogP contribution is -2.42. The Kier molecular flexibility index (Phi) is 4.99. The summed E-state index contributed by atoms with van der Waals surface area (Å²) in [7, 11) is 0. The molecule has 4 heterocycles. The summed E-state index contributed by atoms with van der Waals surface area (Å²) in [5, 5.41) is 1.59. The third kappa shape index (κ3) is 3.49. The van der Waals surface area contributed by atoms with E-state index in [1.807, 2.05) is 65.7 Å². The molecule has 1 amide bonds. The Morgan fingerprint density at radius 1 is 1.03 bits per heavy atom. The third-order valence-electron chi connectivity index (χ3n) is 6.62. The van der Waals surface area contributed by atoms with Gasteiger partial charge in [0.2, 0.25) is 0 Å². The first-order valence-electron chi connectivity index (χ1n) is 11.3. The predicted molar refractivity (Wildman–Crippen MR) is 133 cm³/mol. The van der Waals surface area contributed by atoms with Gasteiger partial charge in [0.15, 0.2) is 0 Å². The number of nitrogens with zero attached hydrogens (tertiary/aromatic N) is 3. The molecule has 1 aliphatic heterocycles. The lowest BCUT2D eigenvalue weighted by molar-refractivity contribution is 0.0680. The molecule has 2 N–H and O–H groups in total. The summed E-state index contributed by atoms with van der Waals surface area (Å²) in [4.78, 5) is 38.5. The van der Waals surface area contributed by atoms with Gasteiger partial charge >= 0.3 is 5.69 Å². The van der Waals surface area contributed by atoms with Gasteiger partial charge in [0, 0.05) is 35.3 Å². The summed E-state index contributed by atoms with van der Waals surface area (Å²) < 4.78 is 1.80. The molecule has 1 fully saturated rings. The molecule has 170 valence electrons. The van der Waals surface area contributed by atoms with Gasteiger partial charge in [-0.25, -0.2) is 9.78 Å². The van der Waals surface area contributed by atoms with E-state index in [9.17, 15) is 9.59 Å². The van der Waals surface area contributed by atoms with Gasteiger partial charge in [-0.3, -0.25) is 9.36 Å². The molecule has 3 aromatic heterocycles. The first-order valence-corrected chi connectivity index (χ1v) is 11.7. The average Bonchev–Trinajstić information content (AvgIpc) is 3.47. The first kappa shape index (κ1) is 20.7. The Morgan fingerprint density at radius 3 is 2.53 bits per heavy atom. The molecule has 34 heavy (non-hydrogen) atoms. The van der Waals surface area contributed by atoms with Crippen LogP contribution in [0.15, 0.2) is 71.8 Å². The molecule has 0 radical (unpaired) electrons. The molecule has 0 spiro atoms. The molecule has 0 bridgehead atoms. The Balaban J connectivity index is 1.28. The fourth-order valence-electron chi connectivity index (χ4n) is 4.95. The smallest absolute Gasteiger partial charge is 0.326 e. The highest BCUT2D eigenvalue weighted by molar-refractivity contribution is 6.30. The highest BCUT2D eigenvalue weighted by Gasteiger charge is 2.28. The summed E-state index contributed by atoms with van der Waals surface area (Å²) >= 11 is 5.99. The number of hydrogen-bond donors (Lipinski definition) is 2. The zero-order chi connectivity index (χ0) is 23.2. The number of likely N-dealkylation sites (tertiary alicyclic amines) is 1. The van der Waals surface area contributed by atoms with E-state index in [2.05, 4.69) is 15.0 Å². The van der Waals surface area contributed by atoms with Crippen molar-refractivity contribution in [3.05, 3.63) is 88.1 Å². The SMILES string of the molecule is O=C(c1ccc(-c2ccc(Cl)cc2)cc1)N1CCC[C@@H](n2c(=O)[nH]c3cnc4[nH]ccc4c32)C1. The molecular weight excluding hydrogens is 450 g/mol. The number of carbonyl (C=O) groups is 1. The van der Waals surface area contributed by atoms with E-state index in [1.54, 1.807) is 10.8 Å². The average molecular weight is 472 g/mol. The van der Waals surface area contributed by atoms with Crippen LogP contribution in [0.25, 0.3) is 33.2 Å². The highest BCUT2D eigenvalue weighted by atomic mass is 35.5. The monoisotopic (exact) mass is 471 g/mol. The van der Waals surface area contributed by atoms with Crippen LogP contribution in [0.1, 0.15) is 29.2 Å². The highest BCUT2D eigenvalue weighted by Crippen LogP contribution is 2.29. The molecule has 6 rings (SSSR count). The molecule has 7 nitrogen and oxygen atoms in total. The zero-order valence-electron chi connectivity index (χ0n) is 18.3. The van der Waals surface area contributed by atoms with Crippen molar-refractivity contribution in [2.45, 2.75) is 18.9 Å². The number of hydrogen-bond acceptors (Lipinski definition) is 3. The van der Waals surface area contributed by atoms with Crippen LogP contribution in [-0.4, -0.2) is 43.4 Å². The van der Waals surface area contributed by atoms with Crippen molar-refractivity contribution in [3.63, 3.8) is 0 Å². The quantitative estimate of drug-likeness (QED) is 0.388. The largest absolute Gasteiger partial charge is 0.346 e. The van der Waals surface area contributed by atoms with Gasteiger partial charge in [-0.15, -0.1) is 0 Å². The van der Waals surface area contributed by atoms with Crippen molar-refractivity contribution < 1.29 is 4.79 Å². The molecule has 5 aromatic rings. The number of fused-ring (bicyclic) bond motifs is 3. The summed E-state index contributed by atoms with van der Waals surface area (Å²) in [6, 6.07) is 17.1. The third-order valence-corrected chi connectivity index (χ3v) is 6.87. The van der Waals surface area contributed by atoms with Crippen molar-refractivity contribution in [1.82, 2.24) is 24.4 Å². The van der Waals surface area contributed by atoms with Crippen LogP contribution in [-0.2, 0) is 0 Å². The Labute approximate surface area is 200 Å². The minimum Gasteiger partial charge on any atom is -0.346 e. The molecule has 1 atom stereocenters. The number of benzene rings is 2. The topological polar surface area (TPSA) is 86.8 Å². The van der Waals surface area contributed by atoms with E-state index in [0.29, 0.717) is 29.2 Å². The summed E-state index contributed by atoms with van der Waals surface area (Å²) in [6.07, 6.45) is 5.17. The Bertz CT molecular complexity index is 1560. The number of rotatable bonds is 3. The van der Waals surface area contributed by atoms with Crippen molar-refractivity contribution in [2.75, 3.05) is 13.1 Å². The van der Waals surface area contributed by atoms with E-state index in [-0.39, 0.29) is 17.6 Å². The zero-order valence-corrected chi connectivity index (χ0v) is 19.0. The van der Waals surface area contributed by atoms with E-state index >= 15 is 0 Å². The first-order chi connectivity index (χ1) is 16.6. The standard InChI is InChI=1S/C26H22ClN5O2/c27-19-9-7-17(8-10-19)16-3-5-18(6-4-16)25(33)31-13-1-2-20(15-31)32-23-21-11-12-28-24(21)29-14-22(23)30-26(32)34/h3-12,14,20H,1-2,13,15H2,(H,28,29)(H,30,34)/t20-/m1/s1. The van der Waals surface area contributed by atoms with E-state index in [1.165, 1.54) is 0 Å². The molecule has 1 saturated heterocycles.